The first-order valence-electron chi connectivity index (χ1n) is 5.86. The SMILES string of the molecule is CCCNC(C)C(=O)N1CCN(C)CC1. The normalized spacial score (nSPS) is 20.3. The van der Waals surface area contributed by atoms with E-state index in [-0.39, 0.29) is 11.9 Å². The maximum atomic E-state index is 12.0. The third kappa shape index (κ3) is 3.80. The van der Waals surface area contributed by atoms with Gasteiger partial charge in [-0.3, -0.25) is 4.79 Å². The van der Waals surface area contributed by atoms with Gasteiger partial charge in [0.1, 0.15) is 0 Å². The predicted octanol–water partition coefficient (Wildman–Crippen LogP) is 0.149. The van der Waals surface area contributed by atoms with Gasteiger partial charge in [0.05, 0.1) is 6.04 Å². The summed E-state index contributed by atoms with van der Waals surface area (Å²) in [7, 11) is 2.10. The third-order valence-corrected chi connectivity index (χ3v) is 2.89. The maximum Gasteiger partial charge on any atom is 0.239 e. The van der Waals surface area contributed by atoms with Gasteiger partial charge in [-0.2, -0.15) is 0 Å². The van der Waals surface area contributed by atoms with Crippen LogP contribution in [-0.4, -0.2) is 61.5 Å². The number of likely N-dealkylation sites (N-methyl/N-ethyl adjacent to an activating group) is 1. The van der Waals surface area contributed by atoms with Crippen LogP contribution in [0.5, 0.6) is 0 Å². The van der Waals surface area contributed by atoms with Crippen molar-refractivity contribution in [3.8, 4) is 0 Å². The lowest BCUT2D eigenvalue weighted by molar-refractivity contribution is -0.134. The highest BCUT2D eigenvalue weighted by atomic mass is 16.2. The van der Waals surface area contributed by atoms with Gasteiger partial charge in [0.15, 0.2) is 0 Å². The van der Waals surface area contributed by atoms with Crippen molar-refractivity contribution in [1.82, 2.24) is 15.1 Å². The average Bonchev–Trinajstić information content (AvgIpc) is 2.26. The molecule has 15 heavy (non-hydrogen) atoms. The molecule has 1 rings (SSSR count). The summed E-state index contributed by atoms with van der Waals surface area (Å²) in [5.74, 6) is 0.247. The molecule has 1 heterocycles. The van der Waals surface area contributed by atoms with E-state index >= 15 is 0 Å². The number of nitrogens with one attached hydrogen (secondary N) is 1. The minimum Gasteiger partial charge on any atom is -0.339 e. The van der Waals surface area contributed by atoms with Crippen molar-refractivity contribution in [2.75, 3.05) is 39.8 Å². The Morgan fingerprint density at radius 3 is 2.47 bits per heavy atom. The summed E-state index contributed by atoms with van der Waals surface area (Å²) in [5, 5.41) is 3.24. The molecule has 4 heteroatoms. The van der Waals surface area contributed by atoms with E-state index in [1.54, 1.807) is 0 Å². The summed E-state index contributed by atoms with van der Waals surface area (Å²) >= 11 is 0. The number of amides is 1. The van der Waals surface area contributed by atoms with Crippen molar-refractivity contribution in [3.63, 3.8) is 0 Å². The van der Waals surface area contributed by atoms with E-state index in [9.17, 15) is 4.79 Å². The molecule has 0 aromatic heterocycles. The zero-order valence-electron chi connectivity index (χ0n) is 10.1. The Morgan fingerprint density at radius 2 is 1.93 bits per heavy atom. The summed E-state index contributed by atoms with van der Waals surface area (Å²) in [4.78, 5) is 16.2. The Balaban J connectivity index is 2.32. The summed E-state index contributed by atoms with van der Waals surface area (Å²) in [6.45, 7) is 8.70. The fourth-order valence-electron chi connectivity index (χ4n) is 1.75. The summed E-state index contributed by atoms with van der Waals surface area (Å²) in [6, 6.07) is -0.0339. The number of piperazine rings is 1. The van der Waals surface area contributed by atoms with Gasteiger partial charge >= 0.3 is 0 Å². The van der Waals surface area contributed by atoms with Crippen LogP contribution in [0.15, 0.2) is 0 Å². The minimum absolute atomic E-state index is 0.0339. The fourth-order valence-corrected chi connectivity index (χ4v) is 1.75. The molecule has 0 aromatic carbocycles. The highest BCUT2D eigenvalue weighted by molar-refractivity contribution is 5.81. The standard InChI is InChI=1S/C11H23N3O/c1-4-5-12-10(2)11(15)14-8-6-13(3)7-9-14/h10,12H,4-9H2,1-3H3. The molecule has 1 amide bonds. The molecule has 0 radical (unpaired) electrons. The number of carbonyl (C=O) groups excluding carboxylic acids is 1. The van der Waals surface area contributed by atoms with Crippen LogP contribution in [0.25, 0.3) is 0 Å². The topological polar surface area (TPSA) is 35.6 Å². The number of hydrogen-bond acceptors (Lipinski definition) is 3. The molecule has 0 aliphatic carbocycles. The van der Waals surface area contributed by atoms with Gasteiger partial charge < -0.3 is 15.1 Å². The first-order valence-corrected chi connectivity index (χ1v) is 5.86. The minimum atomic E-state index is -0.0339. The molecule has 1 aliphatic rings. The lowest BCUT2D eigenvalue weighted by atomic mass is 10.2. The van der Waals surface area contributed by atoms with Crippen molar-refractivity contribution in [1.29, 1.82) is 0 Å². The van der Waals surface area contributed by atoms with Gasteiger partial charge in [0.25, 0.3) is 0 Å². The van der Waals surface area contributed by atoms with Crippen LogP contribution in [0.2, 0.25) is 0 Å². The Labute approximate surface area is 92.6 Å². The van der Waals surface area contributed by atoms with Crippen molar-refractivity contribution in [2.24, 2.45) is 0 Å². The first kappa shape index (κ1) is 12.5. The van der Waals surface area contributed by atoms with Gasteiger partial charge in [-0.25, -0.2) is 0 Å². The second-order valence-electron chi connectivity index (χ2n) is 4.30. The smallest absolute Gasteiger partial charge is 0.239 e. The van der Waals surface area contributed by atoms with Crippen molar-refractivity contribution >= 4 is 5.91 Å². The van der Waals surface area contributed by atoms with E-state index in [1.165, 1.54) is 0 Å². The number of nitrogens with zero attached hydrogens (tertiary/aromatic N) is 2. The van der Waals surface area contributed by atoms with E-state index < -0.39 is 0 Å². The summed E-state index contributed by atoms with van der Waals surface area (Å²) in [6.07, 6.45) is 1.07. The molecule has 1 unspecified atom stereocenters. The Kier molecular flexibility index (Phi) is 5.05. The molecule has 0 bridgehead atoms. The molecule has 1 atom stereocenters. The van der Waals surface area contributed by atoms with Crippen molar-refractivity contribution in [2.45, 2.75) is 26.3 Å². The molecular weight excluding hydrogens is 190 g/mol. The van der Waals surface area contributed by atoms with Crippen LogP contribution in [-0.2, 0) is 4.79 Å². The molecule has 0 saturated carbocycles. The lowest BCUT2D eigenvalue weighted by Crippen LogP contribution is -2.52. The van der Waals surface area contributed by atoms with Crippen LogP contribution >= 0.6 is 0 Å². The highest BCUT2D eigenvalue weighted by Crippen LogP contribution is 2.02. The molecule has 1 N–H and O–H groups in total. The molecule has 0 aromatic rings. The third-order valence-electron chi connectivity index (χ3n) is 2.89. The molecule has 4 nitrogen and oxygen atoms in total. The number of rotatable bonds is 4. The maximum absolute atomic E-state index is 12.0. The molecule has 1 aliphatic heterocycles. The van der Waals surface area contributed by atoms with Crippen LogP contribution in [0.3, 0.4) is 0 Å². The van der Waals surface area contributed by atoms with Gasteiger partial charge in [-0.1, -0.05) is 6.92 Å². The lowest BCUT2D eigenvalue weighted by Gasteiger charge is -2.34. The zero-order valence-corrected chi connectivity index (χ0v) is 10.1. The Bertz CT molecular complexity index is 200. The van der Waals surface area contributed by atoms with E-state index in [0.717, 1.165) is 39.1 Å². The van der Waals surface area contributed by atoms with E-state index in [4.69, 9.17) is 0 Å². The second kappa shape index (κ2) is 6.08. The van der Waals surface area contributed by atoms with Crippen LogP contribution < -0.4 is 5.32 Å². The van der Waals surface area contributed by atoms with Crippen molar-refractivity contribution in [3.05, 3.63) is 0 Å². The quantitative estimate of drug-likeness (QED) is 0.722. The highest BCUT2D eigenvalue weighted by Gasteiger charge is 2.22. The Hall–Kier alpha value is -0.610. The molecule has 88 valence electrons. The summed E-state index contributed by atoms with van der Waals surface area (Å²) in [5.41, 5.74) is 0. The van der Waals surface area contributed by atoms with Crippen LogP contribution in [0, 0.1) is 0 Å². The van der Waals surface area contributed by atoms with Gasteiger partial charge in [-0.05, 0) is 26.9 Å². The zero-order chi connectivity index (χ0) is 11.3. The van der Waals surface area contributed by atoms with E-state index in [1.807, 2.05) is 11.8 Å². The average molecular weight is 213 g/mol. The molecule has 1 fully saturated rings. The monoisotopic (exact) mass is 213 g/mol. The van der Waals surface area contributed by atoms with Gasteiger partial charge in [0.2, 0.25) is 5.91 Å². The van der Waals surface area contributed by atoms with Gasteiger partial charge in [-0.15, -0.1) is 0 Å². The second-order valence-corrected chi connectivity index (χ2v) is 4.30. The first-order chi connectivity index (χ1) is 7.15. The largest absolute Gasteiger partial charge is 0.339 e. The van der Waals surface area contributed by atoms with E-state index in [2.05, 4.69) is 24.2 Å². The molecular formula is C11H23N3O. The fraction of sp³-hybridized carbons (Fsp3) is 0.909. The van der Waals surface area contributed by atoms with Crippen molar-refractivity contribution < 1.29 is 4.79 Å². The number of hydrogen-bond donors (Lipinski definition) is 1. The Morgan fingerprint density at radius 1 is 1.33 bits per heavy atom. The molecule has 1 saturated heterocycles. The number of carbonyl (C=O) groups is 1. The predicted molar refractivity (Wildman–Crippen MR) is 61.8 cm³/mol. The summed E-state index contributed by atoms with van der Waals surface area (Å²) < 4.78 is 0. The van der Waals surface area contributed by atoms with Gasteiger partial charge in [0, 0.05) is 26.2 Å². The van der Waals surface area contributed by atoms with Crippen LogP contribution in [0.1, 0.15) is 20.3 Å². The molecule has 0 spiro atoms. The van der Waals surface area contributed by atoms with Crippen LogP contribution in [0.4, 0.5) is 0 Å². The van der Waals surface area contributed by atoms with E-state index in [0.29, 0.717) is 0 Å².